The molecule has 0 radical (unpaired) electrons. The normalized spacial score (nSPS) is 51.2. The molecular weight excluding hydrogens is 440 g/mol. The molecule has 4 rings (SSSR count). The fourth-order valence-corrected chi connectivity index (χ4v) is 5.83. The maximum absolute atomic E-state index is 12.9. The van der Waals surface area contributed by atoms with Crippen LogP contribution < -0.4 is 0 Å². The molecule has 0 amide bonds. The lowest BCUT2D eigenvalue weighted by Gasteiger charge is -2.47. The molecule has 0 aromatic heterocycles. The SMILES string of the molecule is COC1CC(C2CC(=O)C3C(O)CC(O[C@@H]4O[C@H](CO)[C@@H](O)[C@H](O)[C@H]4O)CC3O2)CCC1O. The molecule has 8 unspecified atom stereocenters. The zero-order valence-corrected chi connectivity index (χ0v) is 18.7. The average molecular weight is 477 g/mol. The van der Waals surface area contributed by atoms with E-state index < -0.39 is 67.6 Å². The van der Waals surface area contributed by atoms with Gasteiger partial charge in [-0.3, -0.25) is 4.79 Å². The first kappa shape index (κ1) is 25.4. The highest BCUT2D eigenvalue weighted by Crippen LogP contribution is 2.41. The minimum Gasteiger partial charge on any atom is -0.394 e. The minimum absolute atomic E-state index is 0.0483. The summed E-state index contributed by atoms with van der Waals surface area (Å²) in [5.74, 6) is -0.675. The van der Waals surface area contributed by atoms with Gasteiger partial charge in [-0.25, -0.2) is 0 Å². The van der Waals surface area contributed by atoms with Crippen molar-refractivity contribution in [2.75, 3.05) is 13.7 Å². The topological polar surface area (TPSA) is 175 Å². The summed E-state index contributed by atoms with van der Waals surface area (Å²) in [4.78, 5) is 12.9. The van der Waals surface area contributed by atoms with E-state index in [0.717, 1.165) is 0 Å². The van der Waals surface area contributed by atoms with Gasteiger partial charge in [-0.1, -0.05) is 0 Å². The van der Waals surface area contributed by atoms with Crippen molar-refractivity contribution in [3.8, 4) is 0 Å². The third-order valence-electron chi connectivity index (χ3n) is 7.74. The Hall–Kier alpha value is -0.730. The van der Waals surface area contributed by atoms with Gasteiger partial charge in [0.2, 0.25) is 0 Å². The van der Waals surface area contributed by atoms with E-state index in [4.69, 9.17) is 18.9 Å². The lowest BCUT2D eigenvalue weighted by atomic mass is 9.73. The van der Waals surface area contributed by atoms with Crippen LogP contribution in [0.1, 0.15) is 38.5 Å². The molecule has 0 spiro atoms. The lowest BCUT2D eigenvalue weighted by Crippen LogP contribution is -2.61. The van der Waals surface area contributed by atoms with Crippen LogP contribution in [0, 0.1) is 11.8 Å². The molecule has 13 atom stereocenters. The van der Waals surface area contributed by atoms with E-state index in [1.165, 1.54) is 0 Å². The predicted molar refractivity (Wildman–Crippen MR) is 110 cm³/mol. The number of hydrogen-bond donors (Lipinski definition) is 6. The molecule has 33 heavy (non-hydrogen) atoms. The number of carbonyl (C=O) groups excluding carboxylic acids is 1. The van der Waals surface area contributed by atoms with Crippen LogP contribution in [0.2, 0.25) is 0 Å². The Morgan fingerprint density at radius 3 is 2.36 bits per heavy atom. The van der Waals surface area contributed by atoms with Crippen molar-refractivity contribution < 1.29 is 54.4 Å². The second-order valence-electron chi connectivity index (χ2n) is 9.82. The number of hydrogen-bond acceptors (Lipinski definition) is 11. The fourth-order valence-electron chi connectivity index (χ4n) is 5.83. The van der Waals surface area contributed by atoms with Gasteiger partial charge in [0.15, 0.2) is 6.29 Å². The van der Waals surface area contributed by atoms with Gasteiger partial charge in [-0.2, -0.15) is 0 Å². The second kappa shape index (κ2) is 10.5. The van der Waals surface area contributed by atoms with E-state index in [1.807, 2.05) is 0 Å². The first-order chi connectivity index (χ1) is 15.7. The molecule has 2 aliphatic heterocycles. The maximum atomic E-state index is 12.9. The van der Waals surface area contributed by atoms with E-state index in [1.54, 1.807) is 7.11 Å². The predicted octanol–water partition coefficient (Wildman–Crippen LogP) is -2.15. The molecular formula is C22H36O11. The van der Waals surface area contributed by atoms with E-state index in [0.29, 0.717) is 19.3 Å². The van der Waals surface area contributed by atoms with Gasteiger partial charge < -0.3 is 49.6 Å². The number of fused-ring (bicyclic) bond motifs is 1. The summed E-state index contributed by atoms with van der Waals surface area (Å²) in [6.45, 7) is -0.569. The number of rotatable bonds is 5. The Balaban J connectivity index is 1.41. The van der Waals surface area contributed by atoms with Gasteiger partial charge >= 0.3 is 0 Å². The van der Waals surface area contributed by atoms with Crippen molar-refractivity contribution in [2.24, 2.45) is 11.8 Å². The first-order valence-electron chi connectivity index (χ1n) is 11.8. The Labute approximate surface area is 192 Å². The number of aliphatic hydroxyl groups excluding tert-OH is 6. The first-order valence-corrected chi connectivity index (χ1v) is 11.8. The number of carbonyl (C=O) groups is 1. The average Bonchev–Trinajstić information content (AvgIpc) is 2.79. The summed E-state index contributed by atoms with van der Waals surface area (Å²) in [5.41, 5.74) is 0. The number of ether oxygens (including phenoxy) is 4. The Bertz CT molecular complexity index is 675. The van der Waals surface area contributed by atoms with Gasteiger partial charge in [0.1, 0.15) is 30.2 Å². The highest BCUT2D eigenvalue weighted by Gasteiger charge is 2.51. The quantitative estimate of drug-likeness (QED) is 0.255. The molecule has 0 aromatic rings. The van der Waals surface area contributed by atoms with Crippen molar-refractivity contribution in [1.82, 2.24) is 0 Å². The summed E-state index contributed by atoms with van der Waals surface area (Å²) in [5, 5.41) is 60.3. The van der Waals surface area contributed by atoms with Gasteiger partial charge in [-0.15, -0.1) is 0 Å². The van der Waals surface area contributed by atoms with E-state index in [-0.39, 0.29) is 43.2 Å². The fraction of sp³-hybridized carbons (Fsp3) is 0.955. The van der Waals surface area contributed by atoms with Crippen molar-refractivity contribution in [1.29, 1.82) is 0 Å². The summed E-state index contributed by atoms with van der Waals surface area (Å²) in [6.07, 6.45) is -7.93. The largest absolute Gasteiger partial charge is 0.394 e. The maximum Gasteiger partial charge on any atom is 0.186 e. The molecule has 2 saturated carbocycles. The smallest absolute Gasteiger partial charge is 0.186 e. The van der Waals surface area contributed by atoms with Crippen LogP contribution in [0.25, 0.3) is 0 Å². The molecule has 0 aromatic carbocycles. The van der Waals surface area contributed by atoms with Crippen LogP contribution in [0.4, 0.5) is 0 Å². The lowest BCUT2D eigenvalue weighted by molar-refractivity contribution is -0.318. The molecule has 2 aliphatic carbocycles. The third-order valence-corrected chi connectivity index (χ3v) is 7.74. The van der Waals surface area contributed by atoms with Crippen molar-refractivity contribution >= 4 is 5.78 Å². The zero-order valence-electron chi connectivity index (χ0n) is 18.7. The van der Waals surface area contributed by atoms with Gasteiger partial charge in [0, 0.05) is 26.4 Å². The van der Waals surface area contributed by atoms with Gasteiger partial charge in [0.05, 0.1) is 49.1 Å². The molecule has 11 heteroatoms. The van der Waals surface area contributed by atoms with Crippen LogP contribution in [0.15, 0.2) is 0 Å². The third kappa shape index (κ3) is 5.13. The molecule has 0 bridgehead atoms. The Kier molecular flexibility index (Phi) is 8.06. The Morgan fingerprint density at radius 1 is 0.909 bits per heavy atom. The number of aliphatic hydroxyl groups is 6. The minimum atomic E-state index is -1.56. The summed E-state index contributed by atoms with van der Waals surface area (Å²) >= 11 is 0. The van der Waals surface area contributed by atoms with Crippen LogP contribution in [-0.2, 0) is 23.7 Å². The highest BCUT2D eigenvalue weighted by molar-refractivity contribution is 5.83. The summed E-state index contributed by atoms with van der Waals surface area (Å²) < 4.78 is 22.9. The van der Waals surface area contributed by atoms with E-state index in [9.17, 15) is 35.4 Å². The zero-order chi connectivity index (χ0) is 23.9. The molecule has 2 saturated heterocycles. The van der Waals surface area contributed by atoms with E-state index >= 15 is 0 Å². The van der Waals surface area contributed by atoms with Crippen LogP contribution in [0.3, 0.4) is 0 Å². The summed E-state index contributed by atoms with van der Waals surface area (Å²) in [7, 11) is 1.55. The summed E-state index contributed by atoms with van der Waals surface area (Å²) in [6, 6.07) is 0. The molecule has 2 heterocycles. The van der Waals surface area contributed by atoms with E-state index in [2.05, 4.69) is 0 Å². The van der Waals surface area contributed by atoms with Crippen LogP contribution >= 0.6 is 0 Å². The van der Waals surface area contributed by atoms with Crippen molar-refractivity contribution in [2.45, 2.75) is 106 Å². The molecule has 190 valence electrons. The molecule has 4 aliphatic rings. The Morgan fingerprint density at radius 2 is 1.67 bits per heavy atom. The molecule has 4 fully saturated rings. The number of Topliss-reactive ketones (excluding diaryl/α,β-unsaturated/α-hetero) is 1. The number of methoxy groups -OCH3 is 1. The monoisotopic (exact) mass is 476 g/mol. The standard InChI is InChI=1S/C22H36O11/c1-30-15-4-9(2-3-11(15)24)14-7-13(26)18-12(25)5-10(6-16(18)32-14)31-22-21(29)20(28)19(27)17(8-23)33-22/h9-12,14-25,27-29H,2-8H2,1H3/t9?,10?,11?,12?,14?,15?,16?,17-,18?,19-,20+,21-,22-/m1/s1. The van der Waals surface area contributed by atoms with Gasteiger partial charge in [0.25, 0.3) is 0 Å². The van der Waals surface area contributed by atoms with Gasteiger partial charge in [-0.05, 0) is 25.2 Å². The van der Waals surface area contributed by atoms with Crippen LogP contribution in [-0.4, -0.2) is 117 Å². The second-order valence-corrected chi connectivity index (χ2v) is 9.82. The van der Waals surface area contributed by atoms with Crippen LogP contribution in [0.5, 0.6) is 0 Å². The number of ketones is 1. The van der Waals surface area contributed by atoms with Crippen molar-refractivity contribution in [3.05, 3.63) is 0 Å². The van der Waals surface area contributed by atoms with Crippen molar-refractivity contribution in [3.63, 3.8) is 0 Å². The molecule has 6 N–H and O–H groups in total. The molecule has 11 nitrogen and oxygen atoms in total. The highest BCUT2D eigenvalue weighted by atomic mass is 16.7.